The lowest BCUT2D eigenvalue weighted by molar-refractivity contribution is 0.348. The third-order valence-electron chi connectivity index (χ3n) is 2.03. The lowest BCUT2D eigenvalue weighted by Gasteiger charge is -2.07. The summed E-state index contributed by atoms with van der Waals surface area (Å²) in [4.78, 5) is 0. The highest BCUT2D eigenvalue weighted by atomic mass is 19.1. The fraction of sp³-hybridized carbons (Fsp3) is 0.385. The summed E-state index contributed by atoms with van der Waals surface area (Å²) in [6.45, 7) is 2.29. The van der Waals surface area contributed by atoms with Gasteiger partial charge in [-0.25, -0.2) is 4.39 Å². The molecular formula is C13H16FNO. The first-order valence-corrected chi connectivity index (χ1v) is 5.34. The smallest absolute Gasteiger partial charge is 0.188 e. The Kier molecular flexibility index (Phi) is 5.21. The monoisotopic (exact) mass is 221 g/mol. The molecule has 86 valence electrons. The van der Waals surface area contributed by atoms with Crippen LogP contribution in [0.25, 0.3) is 0 Å². The molecule has 1 N–H and O–H groups in total. The van der Waals surface area contributed by atoms with Crippen LogP contribution in [0.15, 0.2) is 18.2 Å². The lowest BCUT2D eigenvalue weighted by Crippen LogP contribution is -1.99. The van der Waals surface area contributed by atoms with Crippen molar-refractivity contribution in [3.63, 3.8) is 0 Å². The summed E-state index contributed by atoms with van der Waals surface area (Å²) in [6, 6.07) is 4.99. The fourth-order valence-corrected chi connectivity index (χ4v) is 1.19. The van der Waals surface area contributed by atoms with Crippen LogP contribution in [-0.4, -0.2) is 13.7 Å². The van der Waals surface area contributed by atoms with Crippen LogP contribution in [0.4, 0.5) is 10.1 Å². The van der Waals surface area contributed by atoms with Crippen molar-refractivity contribution >= 4 is 5.69 Å². The second kappa shape index (κ2) is 6.73. The third kappa shape index (κ3) is 3.47. The molecule has 16 heavy (non-hydrogen) atoms. The topological polar surface area (TPSA) is 21.3 Å². The molecule has 0 amide bonds. The van der Waals surface area contributed by atoms with Crippen LogP contribution in [0, 0.1) is 17.7 Å². The van der Waals surface area contributed by atoms with Crippen LogP contribution in [0.2, 0.25) is 0 Å². The molecule has 0 spiro atoms. The van der Waals surface area contributed by atoms with E-state index < -0.39 is 0 Å². The summed E-state index contributed by atoms with van der Waals surface area (Å²) >= 11 is 0. The molecule has 0 aromatic heterocycles. The Morgan fingerprint density at radius 1 is 1.38 bits per heavy atom. The van der Waals surface area contributed by atoms with E-state index in [0.29, 0.717) is 5.69 Å². The Morgan fingerprint density at radius 3 is 2.88 bits per heavy atom. The molecule has 0 aliphatic heterocycles. The van der Waals surface area contributed by atoms with E-state index in [1.807, 2.05) is 0 Å². The van der Waals surface area contributed by atoms with E-state index in [4.69, 9.17) is 4.74 Å². The van der Waals surface area contributed by atoms with E-state index in [1.165, 1.54) is 0 Å². The van der Waals surface area contributed by atoms with Gasteiger partial charge in [-0.15, -0.1) is 0 Å². The first kappa shape index (κ1) is 12.4. The number of rotatable bonds is 4. The van der Waals surface area contributed by atoms with Gasteiger partial charge in [0, 0.05) is 13.5 Å². The number of unbranched alkanes of at least 4 members (excludes halogenated alkanes) is 1. The Balaban J connectivity index is 2.58. The summed E-state index contributed by atoms with van der Waals surface area (Å²) < 4.78 is 18.8. The molecular weight excluding hydrogens is 205 g/mol. The standard InChI is InChI=1S/C13H16FNO/c1-3-4-5-6-10-16-12-9-7-8-11(15-2)13(12)14/h7-9,15H,3-4,10H2,1-2H3. The predicted molar refractivity (Wildman–Crippen MR) is 64.1 cm³/mol. The van der Waals surface area contributed by atoms with Crippen molar-refractivity contribution in [3.05, 3.63) is 24.0 Å². The molecule has 1 rings (SSSR count). The minimum absolute atomic E-state index is 0.226. The Labute approximate surface area is 95.8 Å². The molecule has 0 unspecified atom stereocenters. The van der Waals surface area contributed by atoms with Crippen LogP contribution in [0.1, 0.15) is 19.8 Å². The van der Waals surface area contributed by atoms with Crippen LogP contribution in [-0.2, 0) is 0 Å². The first-order valence-electron chi connectivity index (χ1n) is 5.34. The fourth-order valence-electron chi connectivity index (χ4n) is 1.19. The van der Waals surface area contributed by atoms with Gasteiger partial charge in [-0.1, -0.05) is 24.8 Å². The predicted octanol–water partition coefficient (Wildman–Crippen LogP) is 3.05. The van der Waals surface area contributed by atoms with Gasteiger partial charge >= 0.3 is 0 Å². The van der Waals surface area contributed by atoms with Gasteiger partial charge in [-0.3, -0.25) is 0 Å². The molecule has 0 aliphatic carbocycles. The minimum atomic E-state index is -0.373. The number of halogens is 1. The van der Waals surface area contributed by atoms with Crippen molar-refractivity contribution in [2.24, 2.45) is 0 Å². The Bertz CT molecular complexity index is 393. The average molecular weight is 221 g/mol. The Morgan fingerprint density at radius 2 is 2.19 bits per heavy atom. The van der Waals surface area contributed by atoms with E-state index in [-0.39, 0.29) is 18.2 Å². The van der Waals surface area contributed by atoms with E-state index >= 15 is 0 Å². The zero-order valence-corrected chi connectivity index (χ0v) is 9.64. The Hall–Kier alpha value is -1.69. The zero-order valence-electron chi connectivity index (χ0n) is 9.64. The highest BCUT2D eigenvalue weighted by Crippen LogP contribution is 2.23. The van der Waals surface area contributed by atoms with Gasteiger partial charge < -0.3 is 10.1 Å². The van der Waals surface area contributed by atoms with Crippen molar-refractivity contribution in [3.8, 4) is 17.6 Å². The highest BCUT2D eigenvalue weighted by Gasteiger charge is 2.06. The molecule has 1 aromatic rings. The second-order valence-electron chi connectivity index (χ2n) is 3.26. The lowest BCUT2D eigenvalue weighted by atomic mass is 10.3. The van der Waals surface area contributed by atoms with Gasteiger partial charge in [0.25, 0.3) is 0 Å². The average Bonchev–Trinajstić information content (AvgIpc) is 2.31. The molecule has 1 aromatic carbocycles. The molecule has 0 atom stereocenters. The van der Waals surface area contributed by atoms with E-state index in [1.54, 1.807) is 25.2 Å². The molecule has 0 saturated carbocycles. The van der Waals surface area contributed by atoms with E-state index in [2.05, 4.69) is 24.1 Å². The van der Waals surface area contributed by atoms with Crippen LogP contribution in [0.3, 0.4) is 0 Å². The number of ether oxygens (including phenoxy) is 1. The number of benzene rings is 1. The number of hydrogen-bond acceptors (Lipinski definition) is 2. The zero-order chi connectivity index (χ0) is 11.8. The van der Waals surface area contributed by atoms with Crippen LogP contribution < -0.4 is 10.1 Å². The SMILES string of the molecule is CCCC#CCOc1cccc(NC)c1F. The normalized spacial score (nSPS) is 9.19. The number of anilines is 1. The molecule has 0 radical (unpaired) electrons. The third-order valence-corrected chi connectivity index (χ3v) is 2.03. The summed E-state index contributed by atoms with van der Waals surface area (Å²) in [7, 11) is 1.67. The molecule has 0 saturated heterocycles. The number of nitrogens with one attached hydrogen (secondary N) is 1. The van der Waals surface area contributed by atoms with Gasteiger partial charge in [0.15, 0.2) is 11.6 Å². The molecule has 0 fully saturated rings. The van der Waals surface area contributed by atoms with E-state index in [0.717, 1.165) is 12.8 Å². The highest BCUT2D eigenvalue weighted by molar-refractivity contribution is 5.49. The van der Waals surface area contributed by atoms with Gasteiger partial charge in [0.2, 0.25) is 0 Å². The minimum Gasteiger partial charge on any atom is -0.478 e. The van der Waals surface area contributed by atoms with Crippen LogP contribution in [0.5, 0.6) is 5.75 Å². The maximum absolute atomic E-state index is 13.6. The van der Waals surface area contributed by atoms with Gasteiger partial charge in [-0.05, 0) is 18.6 Å². The van der Waals surface area contributed by atoms with Crippen molar-refractivity contribution in [1.82, 2.24) is 0 Å². The van der Waals surface area contributed by atoms with Crippen molar-refractivity contribution < 1.29 is 9.13 Å². The summed E-state index contributed by atoms with van der Waals surface area (Å²) in [5.74, 6) is 5.64. The summed E-state index contributed by atoms with van der Waals surface area (Å²) in [5, 5.41) is 2.76. The van der Waals surface area contributed by atoms with Gasteiger partial charge in [0.05, 0.1) is 5.69 Å². The van der Waals surface area contributed by atoms with Crippen LogP contribution >= 0.6 is 0 Å². The van der Waals surface area contributed by atoms with Crippen molar-refractivity contribution in [2.45, 2.75) is 19.8 Å². The molecule has 0 heterocycles. The maximum Gasteiger partial charge on any atom is 0.188 e. The summed E-state index contributed by atoms with van der Waals surface area (Å²) in [5.41, 5.74) is 0.430. The van der Waals surface area contributed by atoms with E-state index in [9.17, 15) is 4.39 Å². The molecule has 0 bridgehead atoms. The summed E-state index contributed by atoms with van der Waals surface area (Å²) in [6.07, 6.45) is 1.87. The molecule has 0 aliphatic rings. The van der Waals surface area contributed by atoms with Gasteiger partial charge in [-0.2, -0.15) is 0 Å². The number of hydrogen-bond donors (Lipinski definition) is 1. The maximum atomic E-state index is 13.6. The first-order chi connectivity index (χ1) is 7.79. The molecule has 3 heteroatoms. The largest absolute Gasteiger partial charge is 0.478 e. The second-order valence-corrected chi connectivity index (χ2v) is 3.26. The quantitative estimate of drug-likeness (QED) is 0.789. The van der Waals surface area contributed by atoms with Crippen molar-refractivity contribution in [1.29, 1.82) is 0 Å². The molecule has 2 nitrogen and oxygen atoms in total. The van der Waals surface area contributed by atoms with Crippen molar-refractivity contribution in [2.75, 3.05) is 19.0 Å². The van der Waals surface area contributed by atoms with Gasteiger partial charge in [0.1, 0.15) is 6.61 Å².